The summed E-state index contributed by atoms with van der Waals surface area (Å²) in [7, 11) is 0. The Morgan fingerprint density at radius 2 is 2.16 bits per heavy atom. The third-order valence-corrected chi connectivity index (χ3v) is 4.28. The number of carbonyl (C=O) groups excluding carboxylic acids is 1. The van der Waals surface area contributed by atoms with E-state index in [4.69, 9.17) is 0 Å². The van der Waals surface area contributed by atoms with Crippen LogP contribution in [0.1, 0.15) is 48.2 Å². The van der Waals surface area contributed by atoms with Crippen LogP contribution in [0.2, 0.25) is 0 Å². The summed E-state index contributed by atoms with van der Waals surface area (Å²) in [4.78, 5) is 20.8. The third-order valence-electron chi connectivity index (χ3n) is 4.28. The summed E-state index contributed by atoms with van der Waals surface area (Å²) in [6, 6.07) is 9.58. The second-order valence-corrected chi connectivity index (χ2v) is 6.37. The Kier molecular flexibility index (Phi) is 5.77. The van der Waals surface area contributed by atoms with Crippen molar-refractivity contribution in [1.29, 1.82) is 0 Å². The lowest BCUT2D eigenvalue weighted by Gasteiger charge is -2.13. The number of amides is 1. The van der Waals surface area contributed by atoms with Crippen molar-refractivity contribution in [1.82, 2.24) is 15.3 Å². The van der Waals surface area contributed by atoms with E-state index in [1.54, 1.807) is 12.3 Å². The molecule has 0 bridgehead atoms. The zero-order valence-electron chi connectivity index (χ0n) is 14.6. The Labute approximate surface area is 148 Å². The summed E-state index contributed by atoms with van der Waals surface area (Å²) < 4.78 is 0. The lowest BCUT2D eigenvalue weighted by atomic mass is 9.97. The highest BCUT2D eigenvalue weighted by atomic mass is 16.1. The van der Waals surface area contributed by atoms with Crippen LogP contribution in [-0.4, -0.2) is 22.4 Å². The number of aromatic nitrogens is 2. The highest BCUT2D eigenvalue weighted by molar-refractivity contribution is 5.92. The Balaban J connectivity index is 1.56. The van der Waals surface area contributed by atoms with Crippen molar-refractivity contribution in [2.45, 2.75) is 39.0 Å². The molecule has 0 fully saturated rings. The number of nitrogens with one attached hydrogen (secondary N) is 2. The van der Waals surface area contributed by atoms with Crippen molar-refractivity contribution < 1.29 is 4.79 Å². The van der Waals surface area contributed by atoms with Gasteiger partial charge >= 0.3 is 0 Å². The fraction of sp³-hybridized carbons (Fsp3) is 0.350. The van der Waals surface area contributed by atoms with Gasteiger partial charge in [-0.05, 0) is 62.8 Å². The van der Waals surface area contributed by atoms with Crippen molar-refractivity contribution in [3.8, 4) is 0 Å². The van der Waals surface area contributed by atoms with Crippen LogP contribution in [0, 0.1) is 6.92 Å². The molecule has 0 aliphatic heterocycles. The van der Waals surface area contributed by atoms with E-state index in [1.165, 1.54) is 24.8 Å². The fourth-order valence-electron chi connectivity index (χ4n) is 2.96. The average molecular weight is 336 g/mol. The number of rotatable bonds is 6. The van der Waals surface area contributed by atoms with Crippen molar-refractivity contribution >= 4 is 17.5 Å². The van der Waals surface area contributed by atoms with E-state index in [1.807, 2.05) is 31.2 Å². The van der Waals surface area contributed by atoms with Gasteiger partial charge in [0, 0.05) is 18.4 Å². The number of nitrogens with zero attached hydrogens (tertiary/aromatic N) is 2. The Hall–Kier alpha value is -2.69. The topological polar surface area (TPSA) is 66.9 Å². The van der Waals surface area contributed by atoms with E-state index < -0.39 is 0 Å². The van der Waals surface area contributed by atoms with Crippen LogP contribution in [-0.2, 0) is 0 Å². The molecule has 0 atom stereocenters. The summed E-state index contributed by atoms with van der Waals surface area (Å²) in [5, 5.41) is 6.09. The second kappa shape index (κ2) is 8.42. The van der Waals surface area contributed by atoms with Gasteiger partial charge in [0.2, 0.25) is 5.95 Å². The number of allylic oxidation sites excluding steroid dienone is 1. The lowest BCUT2D eigenvalue weighted by molar-refractivity contribution is 0.0949. The van der Waals surface area contributed by atoms with Gasteiger partial charge in [0.05, 0.1) is 0 Å². The highest BCUT2D eigenvalue weighted by Gasteiger charge is 2.10. The van der Waals surface area contributed by atoms with Gasteiger partial charge in [0.1, 0.15) is 5.69 Å². The minimum absolute atomic E-state index is 0.161. The summed E-state index contributed by atoms with van der Waals surface area (Å²) in [5.41, 5.74) is 3.89. The van der Waals surface area contributed by atoms with E-state index >= 15 is 0 Å². The van der Waals surface area contributed by atoms with Gasteiger partial charge in [0.25, 0.3) is 5.91 Å². The van der Waals surface area contributed by atoms with E-state index in [0.717, 1.165) is 24.1 Å². The van der Waals surface area contributed by atoms with Gasteiger partial charge in [-0.25, -0.2) is 9.97 Å². The van der Waals surface area contributed by atoms with Gasteiger partial charge in [-0.1, -0.05) is 23.8 Å². The zero-order valence-corrected chi connectivity index (χ0v) is 14.6. The first-order chi connectivity index (χ1) is 12.2. The van der Waals surface area contributed by atoms with Crippen LogP contribution in [0.5, 0.6) is 0 Å². The smallest absolute Gasteiger partial charge is 0.270 e. The Bertz CT molecular complexity index is 770. The molecule has 0 saturated carbocycles. The molecule has 1 aliphatic carbocycles. The van der Waals surface area contributed by atoms with E-state index in [9.17, 15) is 4.79 Å². The third kappa shape index (κ3) is 5.14. The number of benzene rings is 1. The molecule has 130 valence electrons. The molecular weight excluding hydrogens is 312 g/mol. The highest BCUT2D eigenvalue weighted by Crippen LogP contribution is 2.19. The van der Waals surface area contributed by atoms with Crippen LogP contribution in [0.15, 0.2) is 48.2 Å². The largest absolute Gasteiger partial charge is 0.350 e. The number of aryl methyl sites for hydroxylation is 1. The number of hydrogen-bond donors (Lipinski definition) is 2. The van der Waals surface area contributed by atoms with E-state index in [2.05, 4.69) is 26.7 Å². The Morgan fingerprint density at radius 3 is 2.96 bits per heavy atom. The second-order valence-electron chi connectivity index (χ2n) is 6.37. The zero-order chi connectivity index (χ0) is 17.5. The monoisotopic (exact) mass is 336 g/mol. The molecule has 1 aromatic carbocycles. The molecule has 25 heavy (non-hydrogen) atoms. The maximum Gasteiger partial charge on any atom is 0.270 e. The number of carbonyl (C=O) groups is 1. The normalized spacial score (nSPS) is 13.9. The predicted molar refractivity (Wildman–Crippen MR) is 100.0 cm³/mol. The van der Waals surface area contributed by atoms with Gasteiger partial charge in [-0.15, -0.1) is 0 Å². The van der Waals surface area contributed by atoms with Crippen LogP contribution >= 0.6 is 0 Å². The van der Waals surface area contributed by atoms with Gasteiger partial charge in [0.15, 0.2) is 0 Å². The van der Waals surface area contributed by atoms with Crippen LogP contribution in [0.25, 0.3) is 0 Å². The van der Waals surface area contributed by atoms with Crippen LogP contribution in [0.4, 0.5) is 11.6 Å². The molecule has 2 N–H and O–H groups in total. The van der Waals surface area contributed by atoms with Gasteiger partial charge in [-0.3, -0.25) is 4.79 Å². The maximum absolute atomic E-state index is 12.3. The first-order valence-corrected chi connectivity index (χ1v) is 8.83. The van der Waals surface area contributed by atoms with Crippen LogP contribution < -0.4 is 10.6 Å². The summed E-state index contributed by atoms with van der Waals surface area (Å²) in [6.07, 6.45) is 9.71. The van der Waals surface area contributed by atoms with Crippen molar-refractivity contribution in [2.24, 2.45) is 0 Å². The molecule has 0 spiro atoms. The molecule has 2 aromatic rings. The minimum Gasteiger partial charge on any atom is -0.350 e. The molecule has 0 radical (unpaired) electrons. The Morgan fingerprint density at radius 1 is 1.24 bits per heavy atom. The lowest BCUT2D eigenvalue weighted by Crippen LogP contribution is -2.26. The predicted octanol–water partition coefficient (Wildman–Crippen LogP) is 4.15. The first-order valence-electron chi connectivity index (χ1n) is 8.83. The molecule has 0 saturated heterocycles. The molecule has 1 amide bonds. The van der Waals surface area contributed by atoms with Crippen molar-refractivity contribution in [3.05, 3.63) is 59.4 Å². The van der Waals surface area contributed by atoms with Crippen molar-refractivity contribution in [2.75, 3.05) is 11.9 Å². The SMILES string of the molecule is Cc1cccc(Nc2nccc(C(=O)NCCC3=CCCCC3)n2)c1. The minimum atomic E-state index is -0.161. The maximum atomic E-state index is 12.3. The van der Waals surface area contributed by atoms with Crippen molar-refractivity contribution in [3.63, 3.8) is 0 Å². The first kappa shape index (κ1) is 17.1. The van der Waals surface area contributed by atoms with E-state index in [-0.39, 0.29) is 5.91 Å². The summed E-state index contributed by atoms with van der Waals surface area (Å²) in [6.45, 7) is 2.67. The number of hydrogen-bond acceptors (Lipinski definition) is 4. The molecule has 0 unspecified atom stereocenters. The molecule has 5 nitrogen and oxygen atoms in total. The summed E-state index contributed by atoms with van der Waals surface area (Å²) in [5.74, 6) is 0.263. The average Bonchev–Trinajstić information content (AvgIpc) is 2.63. The van der Waals surface area contributed by atoms with Crippen LogP contribution in [0.3, 0.4) is 0 Å². The van der Waals surface area contributed by atoms with Gasteiger partial charge in [-0.2, -0.15) is 0 Å². The van der Waals surface area contributed by atoms with E-state index in [0.29, 0.717) is 18.2 Å². The molecule has 1 aliphatic rings. The quantitative estimate of drug-likeness (QED) is 0.778. The van der Waals surface area contributed by atoms with Gasteiger partial charge < -0.3 is 10.6 Å². The molecular formula is C20H24N4O. The summed E-state index contributed by atoms with van der Waals surface area (Å²) >= 11 is 0. The molecule has 3 rings (SSSR count). The molecule has 1 aromatic heterocycles. The number of anilines is 2. The molecule has 1 heterocycles. The molecule has 5 heteroatoms. The fourth-order valence-corrected chi connectivity index (χ4v) is 2.96. The standard InChI is InChI=1S/C20H24N4O/c1-15-6-5-9-17(14-15)23-20-22-13-11-18(24-20)19(25)21-12-10-16-7-3-2-4-8-16/h5-7,9,11,13-14H,2-4,8,10,12H2,1H3,(H,21,25)(H,22,23,24).